The maximum absolute atomic E-state index is 12.2. The Labute approximate surface area is 125 Å². The second-order valence-corrected chi connectivity index (χ2v) is 6.18. The van der Waals surface area contributed by atoms with Gasteiger partial charge < -0.3 is 21.1 Å². The fourth-order valence-electron chi connectivity index (χ4n) is 3.58. The fraction of sp³-hybridized carbons (Fsp3) is 0.562. The van der Waals surface area contributed by atoms with E-state index in [4.69, 9.17) is 10.5 Å². The highest BCUT2D eigenvalue weighted by Crippen LogP contribution is 2.33. The van der Waals surface area contributed by atoms with Crippen LogP contribution in [0.5, 0.6) is 5.75 Å². The van der Waals surface area contributed by atoms with Crippen LogP contribution in [0.4, 0.5) is 11.4 Å². The molecule has 2 aliphatic rings. The lowest BCUT2D eigenvalue weighted by atomic mass is 9.89. The molecule has 5 heteroatoms. The molecule has 2 saturated heterocycles. The van der Waals surface area contributed by atoms with Crippen LogP contribution in [-0.2, 0) is 4.79 Å². The molecule has 2 bridgehead atoms. The first-order valence-corrected chi connectivity index (χ1v) is 7.63. The molecule has 0 saturated carbocycles. The number of nitrogens with one attached hydrogen (secondary N) is 2. The highest BCUT2D eigenvalue weighted by atomic mass is 16.5. The molecule has 21 heavy (non-hydrogen) atoms. The highest BCUT2D eigenvalue weighted by Gasteiger charge is 2.34. The molecule has 0 radical (unpaired) electrons. The highest BCUT2D eigenvalue weighted by molar-refractivity contribution is 5.94. The van der Waals surface area contributed by atoms with Crippen LogP contribution in [0.25, 0.3) is 0 Å². The predicted octanol–water partition coefficient (Wildman–Crippen LogP) is 2.14. The zero-order valence-electron chi connectivity index (χ0n) is 12.4. The Balaban J connectivity index is 1.59. The van der Waals surface area contributed by atoms with Gasteiger partial charge >= 0.3 is 0 Å². The number of piperidine rings is 1. The first-order valence-electron chi connectivity index (χ1n) is 7.63. The van der Waals surface area contributed by atoms with Gasteiger partial charge in [-0.1, -0.05) is 0 Å². The van der Waals surface area contributed by atoms with Crippen LogP contribution >= 0.6 is 0 Å². The summed E-state index contributed by atoms with van der Waals surface area (Å²) in [6, 6.07) is 6.53. The molecule has 0 spiro atoms. The van der Waals surface area contributed by atoms with Gasteiger partial charge in [0.15, 0.2) is 0 Å². The third kappa shape index (κ3) is 3.29. The van der Waals surface area contributed by atoms with Gasteiger partial charge in [0.25, 0.3) is 0 Å². The molecule has 2 heterocycles. The Hall–Kier alpha value is -1.75. The number of hydrogen-bond donors (Lipinski definition) is 3. The molecule has 5 nitrogen and oxygen atoms in total. The summed E-state index contributed by atoms with van der Waals surface area (Å²) in [5, 5.41) is 6.52. The van der Waals surface area contributed by atoms with Crippen molar-refractivity contribution in [1.29, 1.82) is 0 Å². The Bertz CT molecular complexity index is 520. The minimum absolute atomic E-state index is 0.0428. The van der Waals surface area contributed by atoms with Gasteiger partial charge in [-0.25, -0.2) is 0 Å². The van der Waals surface area contributed by atoms with Gasteiger partial charge in [-0.05, 0) is 43.7 Å². The second-order valence-electron chi connectivity index (χ2n) is 6.18. The van der Waals surface area contributed by atoms with E-state index in [0.29, 0.717) is 41.5 Å². The van der Waals surface area contributed by atoms with Gasteiger partial charge in [-0.2, -0.15) is 0 Å². The van der Waals surface area contributed by atoms with Crippen molar-refractivity contribution in [3.05, 3.63) is 18.2 Å². The Kier molecular flexibility index (Phi) is 4.01. The summed E-state index contributed by atoms with van der Waals surface area (Å²) in [7, 11) is 1.60. The number of hydrogen-bond acceptors (Lipinski definition) is 4. The molecule has 1 amide bonds. The third-order valence-electron chi connectivity index (χ3n) is 4.58. The fourth-order valence-corrected chi connectivity index (χ4v) is 3.58. The molecule has 0 aromatic heterocycles. The first kappa shape index (κ1) is 14.2. The topological polar surface area (TPSA) is 76.4 Å². The average Bonchev–Trinajstić information content (AvgIpc) is 2.80. The molecular formula is C16H23N3O2. The molecule has 2 atom stereocenters. The molecule has 2 fully saturated rings. The molecule has 4 N–H and O–H groups in total. The molecule has 114 valence electrons. The van der Waals surface area contributed by atoms with Crippen LogP contribution in [0.1, 0.15) is 32.1 Å². The zero-order valence-corrected chi connectivity index (χ0v) is 12.4. The summed E-state index contributed by atoms with van der Waals surface area (Å²) in [5.41, 5.74) is 7.10. The van der Waals surface area contributed by atoms with Crippen LogP contribution < -0.4 is 21.1 Å². The lowest BCUT2D eigenvalue weighted by Gasteiger charge is -2.28. The number of carbonyl (C=O) groups is 1. The summed E-state index contributed by atoms with van der Waals surface area (Å²) >= 11 is 0. The van der Waals surface area contributed by atoms with E-state index in [-0.39, 0.29) is 5.91 Å². The molecule has 2 unspecified atom stereocenters. The van der Waals surface area contributed by atoms with E-state index >= 15 is 0 Å². The summed E-state index contributed by atoms with van der Waals surface area (Å²) in [4.78, 5) is 12.2. The van der Waals surface area contributed by atoms with Crippen molar-refractivity contribution in [2.24, 2.45) is 5.92 Å². The van der Waals surface area contributed by atoms with E-state index in [0.717, 1.165) is 12.8 Å². The van der Waals surface area contributed by atoms with Crippen molar-refractivity contribution in [3.8, 4) is 5.75 Å². The average molecular weight is 289 g/mol. The van der Waals surface area contributed by atoms with E-state index in [9.17, 15) is 4.79 Å². The predicted molar refractivity (Wildman–Crippen MR) is 83.3 cm³/mol. The number of nitrogen functional groups attached to an aromatic ring is 1. The number of amides is 1. The number of anilines is 2. The number of benzene rings is 1. The van der Waals surface area contributed by atoms with Crippen LogP contribution in [0.3, 0.4) is 0 Å². The monoisotopic (exact) mass is 289 g/mol. The molecule has 1 aromatic rings. The Morgan fingerprint density at radius 1 is 1.38 bits per heavy atom. The second kappa shape index (κ2) is 5.93. The number of fused-ring (bicyclic) bond motifs is 2. The summed E-state index contributed by atoms with van der Waals surface area (Å²) in [5.74, 6) is 1.22. The smallest absolute Gasteiger partial charge is 0.224 e. The molecule has 3 rings (SSSR count). The summed E-state index contributed by atoms with van der Waals surface area (Å²) < 4.78 is 5.16. The third-order valence-corrected chi connectivity index (χ3v) is 4.58. The number of rotatable bonds is 4. The lowest BCUT2D eigenvalue weighted by Crippen LogP contribution is -2.39. The standard InChI is InChI=1S/C16H23N3O2/c1-21-13-4-5-14(17)15(9-13)19-16(20)8-10-6-11-2-3-12(7-10)18-11/h4-5,9-12,18H,2-3,6-8,17H2,1H3,(H,19,20). The summed E-state index contributed by atoms with van der Waals surface area (Å²) in [6.45, 7) is 0. The van der Waals surface area contributed by atoms with E-state index < -0.39 is 0 Å². The van der Waals surface area contributed by atoms with Crippen LogP contribution in [0.2, 0.25) is 0 Å². The van der Waals surface area contributed by atoms with Gasteiger partial charge in [0.05, 0.1) is 18.5 Å². The van der Waals surface area contributed by atoms with Gasteiger partial charge in [0.2, 0.25) is 5.91 Å². The van der Waals surface area contributed by atoms with Crippen molar-refractivity contribution in [1.82, 2.24) is 5.32 Å². The van der Waals surface area contributed by atoms with Gasteiger partial charge in [0.1, 0.15) is 5.75 Å². The van der Waals surface area contributed by atoms with E-state index in [1.54, 1.807) is 25.3 Å². The van der Waals surface area contributed by atoms with Crippen molar-refractivity contribution in [2.75, 3.05) is 18.2 Å². The van der Waals surface area contributed by atoms with Crippen LogP contribution in [-0.4, -0.2) is 25.1 Å². The maximum Gasteiger partial charge on any atom is 0.224 e. The number of methoxy groups -OCH3 is 1. The zero-order chi connectivity index (χ0) is 14.8. The van der Waals surface area contributed by atoms with Crippen molar-refractivity contribution in [3.63, 3.8) is 0 Å². The largest absolute Gasteiger partial charge is 0.497 e. The molecule has 1 aromatic carbocycles. The number of nitrogens with two attached hydrogens (primary N) is 1. The molecule has 0 aliphatic carbocycles. The van der Waals surface area contributed by atoms with Crippen LogP contribution in [0.15, 0.2) is 18.2 Å². The van der Waals surface area contributed by atoms with Gasteiger partial charge in [0, 0.05) is 24.6 Å². The first-order chi connectivity index (χ1) is 10.1. The van der Waals surface area contributed by atoms with Gasteiger partial charge in [-0.3, -0.25) is 4.79 Å². The van der Waals surface area contributed by atoms with Crippen LogP contribution in [0, 0.1) is 5.92 Å². The van der Waals surface area contributed by atoms with E-state index in [1.165, 1.54) is 12.8 Å². The van der Waals surface area contributed by atoms with E-state index in [1.807, 2.05) is 0 Å². The minimum Gasteiger partial charge on any atom is -0.497 e. The molecule has 2 aliphatic heterocycles. The Morgan fingerprint density at radius 3 is 2.76 bits per heavy atom. The Morgan fingerprint density at radius 2 is 2.10 bits per heavy atom. The van der Waals surface area contributed by atoms with Crippen molar-refractivity contribution in [2.45, 2.75) is 44.2 Å². The normalized spacial score (nSPS) is 27.4. The quantitative estimate of drug-likeness (QED) is 0.742. The number of ether oxygens (including phenoxy) is 1. The number of carbonyl (C=O) groups excluding carboxylic acids is 1. The molecular weight excluding hydrogens is 266 g/mol. The van der Waals surface area contributed by atoms with Gasteiger partial charge in [-0.15, -0.1) is 0 Å². The van der Waals surface area contributed by atoms with Crippen molar-refractivity contribution >= 4 is 17.3 Å². The van der Waals surface area contributed by atoms with Crippen molar-refractivity contribution < 1.29 is 9.53 Å². The minimum atomic E-state index is 0.0428. The summed E-state index contributed by atoms with van der Waals surface area (Å²) in [6.07, 6.45) is 5.30. The maximum atomic E-state index is 12.2. The lowest BCUT2D eigenvalue weighted by molar-refractivity contribution is -0.117. The van der Waals surface area contributed by atoms with E-state index in [2.05, 4.69) is 10.6 Å². The SMILES string of the molecule is COc1ccc(N)c(NC(=O)CC2CC3CCC(C2)N3)c1.